The quantitative estimate of drug-likeness (QED) is 0.864. The van der Waals surface area contributed by atoms with Gasteiger partial charge in [-0.2, -0.15) is 0 Å². The van der Waals surface area contributed by atoms with Crippen LogP contribution in [0.2, 0.25) is 5.02 Å². The highest BCUT2D eigenvalue weighted by molar-refractivity contribution is 7.90. The smallest absolute Gasteiger partial charge is 0.148 e. The summed E-state index contributed by atoms with van der Waals surface area (Å²) in [6.07, 6.45) is 1.18. The fourth-order valence-electron chi connectivity index (χ4n) is 1.78. The van der Waals surface area contributed by atoms with E-state index >= 15 is 0 Å². The van der Waals surface area contributed by atoms with Gasteiger partial charge in [0.05, 0.1) is 5.75 Å². The van der Waals surface area contributed by atoms with Gasteiger partial charge in [-0.3, -0.25) is 4.90 Å². The van der Waals surface area contributed by atoms with E-state index in [9.17, 15) is 12.8 Å². The van der Waals surface area contributed by atoms with E-state index in [1.807, 2.05) is 0 Å². The average molecular weight is 309 g/mol. The van der Waals surface area contributed by atoms with Crippen LogP contribution in [0.3, 0.4) is 0 Å². The van der Waals surface area contributed by atoms with Crippen LogP contribution in [0.1, 0.15) is 11.6 Å². The first kappa shape index (κ1) is 16.4. The van der Waals surface area contributed by atoms with Gasteiger partial charge in [0.15, 0.2) is 0 Å². The standard InChI is InChI=1S/C12H18ClFN2O2S/c1-16(5-6-19(2,17)18)12(8-15)10-4-3-9(14)7-11(10)13/h3-4,7,12H,5-6,8,15H2,1-2H3. The molecule has 0 spiro atoms. The van der Waals surface area contributed by atoms with Crippen molar-refractivity contribution in [2.75, 3.05) is 32.1 Å². The molecule has 108 valence electrons. The number of halogens is 2. The number of sulfone groups is 1. The molecular weight excluding hydrogens is 291 g/mol. The molecule has 2 N–H and O–H groups in total. The Bertz CT molecular complexity index is 537. The van der Waals surface area contributed by atoms with Gasteiger partial charge in [0.1, 0.15) is 15.7 Å². The van der Waals surface area contributed by atoms with Crippen LogP contribution in [-0.4, -0.2) is 45.5 Å². The predicted molar refractivity (Wildman–Crippen MR) is 75.5 cm³/mol. The summed E-state index contributed by atoms with van der Waals surface area (Å²) in [7, 11) is -1.27. The molecule has 0 aliphatic carbocycles. The lowest BCUT2D eigenvalue weighted by molar-refractivity contribution is 0.264. The number of likely N-dealkylation sites (N-methyl/N-ethyl adjacent to an activating group) is 1. The summed E-state index contributed by atoms with van der Waals surface area (Å²) < 4.78 is 35.3. The van der Waals surface area contributed by atoms with Gasteiger partial charge >= 0.3 is 0 Å². The number of hydrogen-bond acceptors (Lipinski definition) is 4. The van der Waals surface area contributed by atoms with Crippen molar-refractivity contribution in [3.05, 3.63) is 34.6 Å². The van der Waals surface area contributed by atoms with Crippen molar-refractivity contribution in [1.82, 2.24) is 4.90 Å². The molecule has 0 aromatic heterocycles. The van der Waals surface area contributed by atoms with Crippen molar-refractivity contribution < 1.29 is 12.8 Å². The molecule has 1 atom stereocenters. The average Bonchev–Trinajstić information content (AvgIpc) is 2.29. The van der Waals surface area contributed by atoms with E-state index in [0.29, 0.717) is 17.1 Å². The third kappa shape index (κ3) is 5.06. The van der Waals surface area contributed by atoms with Crippen LogP contribution < -0.4 is 5.73 Å². The van der Waals surface area contributed by atoms with Gasteiger partial charge in [0, 0.05) is 30.4 Å². The van der Waals surface area contributed by atoms with Crippen LogP contribution in [0.5, 0.6) is 0 Å². The van der Waals surface area contributed by atoms with Crippen LogP contribution in [0.25, 0.3) is 0 Å². The SMILES string of the molecule is CN(CCS(C)(=O)=O)C(CN)c1ccc(F)cc1Cl. The molecule has 0 amide bonds. The second-order valence-corrected chi connectivity index (χ2v) is 7.19. The Morgan fingerprint density at radius 3 is 2.58 bits per heavy atom. The molecule has 0 saturated carbocycles. The molecule has 0 heterocycles. The van der Waals surface area contributed by atoms with Gasteiger partial charge < -0.3 is 5.73 Å². The maximum Gasteiger partial charge on any atom is 0.148 e. The number of nitrogens with zero attached hydrogens (tertiary/aromatic N) is 1. The topological polar surface area (TPSA) is 63.4 Å². The van der Waals surface area contributed by atoms with Crippen LogP contribution in [0, 0.1) is 5.82 Å². The number of rotatable bonds is 6. The Morgan fingerprint density at radius 1 is 1.47 bits per heavy atom. The molecule has 19 heavy (non-hydrogen) atoms. The maximum absolute atomic E-state index is 13.0. The highest BCUT2D eigenvalue weighted by atomic mass is 35.5. The van der Waals surface area contributed by atoms with Crippen molar-refractivity contribution in [2.45, 2.75) is 6.04 Å². The third-order valence-electron chi connectivity index (χ3n) is 2.89. The first-order chi connectivity index (χ1) is 8.74. The molecular formula is C12H18ClFN2O2S. The van der Waals surface area contributed by atoms with Gasteiger partial charge in [0.25, 0.3) is 0 Å². The van der Waals surface area contributed by atoms with Crippen molar-refractivity contribution >= 4 is 21.4 Å². The Kier molecular flexibility index (Phi) is 5.73. The first-order valence-electron chi connectivity index (χ1n) is 5.77. The van der Waals surface area contributed by atoms with Crippen molar-refractivity contribution in [2.24, 2.45) is 5.73 Å². The molecule has 1 unspecified atom stereocenters. The lowest BCUT2D eigenvalue weighted by atomic mass is 10.1. The third-order valence-corrected chi connectivity index (χ3v) is 4.14. The molecule has 0 bridgehead atoms. The van der Waals surface area contributed by atoms with Crippen molar-refractivity contribution in [3.63, 3.8) is 0 Å². The minimum Gasteiger partial charge on any atom is -0.329 e. The molecule has 1 aromatic carbocycles. The molecule has 1 aromatic rings. The molecule has 0 fully saturated rings. The van der Waals surface area contributed by atoms with E-state index in [2.05, 4.69) is 0 Å². The zero-order valence-corrected chi connectivity index (χ0v) is 12.5. The van der Waals surface area contributed by atoms with Crippen LogP contribution >= 0.6 is 11.6 Å². The van der Waals surface area contributed by atoms with Crippen molar-refractivity contribution in [1.29, 1.82) is 0 Å². The van der Waals surface area contributed by atoms with Crippen molar-refractivity contribution in [3.8, 4) is 0 Å². The minimum atomic E-state index is -3.04. The zero-order chi connectivity index (χ0) is 14.6. The summed E-state index contributed by atoms with van der Waals surface area (Å²) in [5, 5.41) is 0.293. The highest BCUT2D eigenvalue weighted by Crippen LogP contribution is 2.26. The van der Waals surface area contributed by atoms with E-state index in [1.54, 1.807) is 18.0 Å². The summed E-state index contributed by atoms with van der Waals surface area (Å²) in [6, 6.07) is 3.87. The van der Waals surface area contributed by atoms with Crippen LogP contribution in [-0.2, 0) is 9.84 Å². The Hall–Kier alpha value is -0.690. The number of nitrogens with two attached hydrogens (primary N) is 1. The Morgan fingerprint density at radius 2 is 2.11 bits per heavy atom. The summed E-state index contributed by atoms with van der Waals surface area (Å²) in [4.78, 5) is 1.81. The van der Waals surface area contributed by atoms with Gasteiger partial charge in [-0.1, -0.05) is 17.7 Å². The number of hydrogen-bond donors (Lipinski definition) is 1. The van der Waals surface area contributed by atoms with E-state index in [0.717, 1.165) is 0 Å². The van der Waals surface area contributed by atoms with Crippen LogP contribution in [0.15, 0.2) is 18.2 Å². The lowest BCUT2D eigenvalue weighted by Gasteiger charge is -2.27. The molecule has 0 aliphatic rings. The van der Waals surface area contributed by atoms with Gasteiger partial charge in [0.2, 0.25) is 0 Å². The van der Waals surface area contributed by atoms with E-state index in [1.165, 1.54) is 18.4 Å². The molecule has 1 rings (SSSR count). The zero-order valence-electron chi connectivity index (χ0n) is 10.9. The molecule has 0 saturated heterocycles. The lowest BCUT2D eigenvalue weighted by Crippen LogP contribution is -2.34. The normalized spacial score (nSPS) is 13.8. The Labute approximate surface area is 118 Å². The Balaban J connectivity index is 2.87. The minimum absolute atomic E-state index is 0.0405. The van der Waals surface area contributed by atoms with E-state index < -0.39 is 15.7 Å². The van der Waals surface area contributed by atoms with E-state index in [4.69, 9.17) is 17.3 Å². The second-order valence-electron chi connectivity index (χ2n) is 4.53. The van der Waals surface area contributed by atoms with E-state index in [-0.39, 0.29) is 18.3 Å². The number of benzene rings is 1. The first-order valence-corrected chi connectivity index (χ1v) is 8.21. The van der Waals surface area contributed by atoms with Crippen LogP contribution in [0.4, 0.5) is 4.39 Å². The predicted octanol–water partition coefficient (Wildman–Crippen LogP) is 1.46. The molecule has 0 aliphatic heterocycles. The fraction of sp³-hybridized carbons (Fsp3) is 0.500. The summed E-state index contributed by atoms with van der Waals surface area (Å²) in [5.74, 6) is -0.373. The maximum atomic E-state index is 13.0. The monoisotopic (exact) mass is 308 g/mol. The summed E-state index contributed by atoms with van der Waals surface area (Å²) in [6.45, 7) is 0.611. The van der Waals surface area contributed by atoms with Gasteiger partial charge in [-0.15, -0.1) is 0 Å². The molecule has 0 radical (unpaired) electrons. The fourth-order valence-corrected chi connectivity index (χ4v) is 2.69. The van der Waals surface area contributed by atoms with Gasteiger partial charge in [-0.25, -0.2) is 12.8 Å². The summed E-state index contributed by atoms with van der Waals surface area (Å²) >= 11 is 6.00. The molecule has 7 heteroatoms. The highest BCUT2D eigenvalue weighted by Gasteiger charge is 2.19. The second kappa shape index (κ2) is 6.65. The molecule has 4 nitrogen and oxygen atoms in total. The van der Waals surface area contributed by atoms with Gasteiger partial charge in [-0.05, 0) is 24.7 Å². The largest absolute Gasteiger partial charge is 0.329 e. The summed E-state index contributed by atoms with van der Waals surface area (Å²) in [5.41, 5.74) is 6.40.